The Kier molecular flexibility index (Phi) is 4.85. The van der Waals surface area contributed by atoms with E-state index in [0.717, 1.165) is 13.1 Å². The lowest BCUT2D eigenvalue weighted by molar-refractivity contribution is 0.0938. The number of halogens is 1. The summed E-state index contributed by atoms with van der Waals surface area (Å²) in [5, 5.41) is 7.20. The third-order valence-corrected chi connectivity index (χ3v) is 4.77. The average Bonchev–Trinajstić information content (AvgIpc) is 3.22. The fourth-order valence-corrected chi connectivity index (χ4v) is 3.58. The Balaban J connectivity index is 1.66. The van der Waals surface area contributed by atoms with Gasteiger partial charge in [-0.15, -0.1) is 0 Å². The molecule has 1 saturated heterocycles. The molecule has 0 spiro atoms. The van der Waals surface area contributed by atoms with Crippen LogP contribution in [0.25, 0.3) is 0 Å². The summed E-state index contributed by atoms with van der Waals surface area (Å²) in [4.78, 5) is 14.6. The summed E-state index contributed by atoms with van der Waals surface area (Å²) in [7, 11) is 0. The van der Waals surface area contributed by atoms with E-state index in [4.69, 9.17) is 0 Å². The second kappa shape index (κ2) is 7.03. The van der Waals surface area contributed by atoms with Gasteiger partial charge in [-0.05, 0) is 72.6 Å². The summed E-state index contributed by atoms with van der Waals surface area (Å²) >= 11 is 1.68. The van der Waals surface area contributed by atoms with Crippen molar-refractivity contribution in [1.29, 1.82) is 0 Å². The number of carbonyl (C=O) groups is 1. The van der Waals surface area contributed by atoms with Crippen LogP contribution in [0.3, 0.4) is 0 Å². The zero-order valence-corrected chi connectivity index (χ0v) is 13.1. The summed E-state index contributed by atoms with van der Waals surface area (Å²) in [6, 6.07) is 7.99. The molecule has 0 aliphatic carbocycles. The van der Waals surface area contributed by atoms with Crippen LogP contribution in [0, 0.1) is 5.82 Å². The van der Waals surface area contributed by atoms with Crippen LogP contribution in [0.5, 0.6) is 0 Å². The van der Waals surface area contributed by atoms with Crippen LogP contribution in [-0.4, -0.2) is 30.4 Å². The summed E-state index contributed by atoms with van der Waals surface area (Å²) in [5.41, 5.74) is 1.75. The zero-order valence-electron chi connectivity index (χ0n) is 12.3. The van der Waals surface area contributed by atoms with E-state index in [1.165, 1.54) is 42.7 Å². The first-order valence-electron chi connectivity index (χ1n) is 7.54. The molecule has 1 N–H and O–H groups in total. The van der Waals surface area contributed by atoms with Gasteiger partial charge in [0.05, 0.1) is 6.04 Å². The van der Waals surface area contributed by atoms with Crippen molar-refractivity contribution in [3.05, 3.63) is 58.0 Å². The van der Waals surface area contributed by atoms with Gasteiger partial charge in [-0.25, -0.2) is 4.39 Å². The Morgan fingerprint density at radius 1 is 1.23 bits per heavy atom. The maximum Gasteiger partial charge on any atom is 0.251 e. The van der Waals surface area contributed by atoms with Crippen LogP contribution in [0.15, 0.2) is 41.1 Å². The molecule has 0 unspecified atom stereocenters. The summed E-state index contributed by atoms with van der Waals surface area (Å²) in [6.07, 6.45) is 2.43. The summed E-state index contributed by atoms with van der Waals surface area (Å²) in [5.74, 6) is -0.482. The van der Waals surface area contributed by atoms with Crippen molar-refractivity contribution >= 4 is 17.2 Å². The fourth-order valence-electron chi connectivity index (χ4n) is 2.87. The molecule has 22 heavy (non-hydrogen) atoms. The number of nitrogens with one attached hydrogen (secondary N) is 1. The van der Waals surface area contributed by atoms with Crippen LogP contribution in [0.4, 0.5) is 4.39 Å². The molecule has 2 heterocycles. The second-order valence-corrected chi connectivity index (χ2v) is 6.31. The average molecular weight is 318 g/mol. The Bertz CT molecular complexity index is 606. The minimum atomic E-state index is -0.329. The lowest BCUT2D eigenvalue weighted by atomic mass is 10.1. The number of amides is 1. The number of likely N-dealkylation sites (tertiary alicyclic amines) is 1. The van der Waals surface area contributed by atoms with Gasteiger partial charge in [-0.2, -0.15) is 11.3 Å². The topological polar surface area (TPSA) is 32.3 Å². The van der Waals surface area contributed by atoms with Crippen LogP contribution >= 0.6 is 11.3 Å². The Morgan fingerprint density at radius 2 is 1.95 bits per heavy atom. The van der Waals surface area contributed by atoms with Crippen LogP contribution in [-0.2, 0) is 0 Å². The van der Waals surface area contributed by atoms with E-state index in [1.807, 2.05) is 0 Å². The Morgan fingerprint density at radius 3 is 2.59 bits per heavy atom. The lowest BCUT2D eigenvalue weighted by Gasteiger charge is -2.27. The number of hydrogen-bond donors (Lipinski definition) is 1. The third-order valence-electron chi connectivity index (χ3n) is 4.07. The first kappa shape index (κ1) is 15.2. The van der Waals surface area contributed by atoms with Crippen molar-refractivity contribution in [2.24, 2.45) is 0 Å². The molecule has 1 atom stereocenters. The van der Waals surface area contributed by atoms with Gasteiger partial charge in [0.25, 0.3) is 5.91 Å². The largest absolute Gasteiger partial charge is 0.350 e. The molecule has 1 amide bonds. The summed E-state index contributed by atoms with van der Waals surface area (Å²) in [6.45, 7) is 2.73. The smallest absolute Gasteiger partial charge is 0.251 e. The van der Waals surface area contributed by atoms with E-state index in [-0.39, 0.29) is 17.8 Å². The van der Waals surface area contributed by atoms with E-state index in [9.17, 15) is 9.18 Å². The maximum absolute atomic E-state index is 12.9. The zero-order chi connectivity index (χ0) is 15.4. The molecule has 1 aliphatic heterocycles. The molecule has 2 aromatic rings. The monoisotopic (exact) mass is 318 g/mol. The minimum Gasteiger partial charge on any atom is -0.350 e. The van der Waals surface area contributed by atoms with E-state index >= 15 is 0 Å². The van der Waals surface area contributed by atoms with Gasteiger partial charge in [-0.1, -0.05) is 0 Å². The van der Waals surface area contributed by atoms with Crippen molar-refractivity contribution in [2.75, 3.05) is 19.6 Å². The van der Waals surface area contributed by atoms with Crippen LogP contribution < -0.4 is 5.32 Å². The molecule has 1 aromatic carbocycles. The normalized spacial score (nSPS) is 16.6. The standard InChI is InChI=1S/C17H19FN2OS/c18-15-5-3-13(4-6-15)17(21)19-11-16(14-7-10-22-12-14)20-8-1-2-9-20/h3-7,10,12,16H,1-2,8-9,11H2,(H,19,21)/t16-/m1/s1. The molecule has 0 saturated carbocycles. The predicted octanol–water partition coefficient (Wildman–Crippen LogP) is 3.45. The number of rotatable bonds is 5. The fraction of sp³-hybridized carbons (Fsp3) is 0.353. The van der Waals surface area contributed by atoms with Crippen molar-refractivity contribution in [1.82, 2.24) is 10.2 Å². The lowest BCUT2D eigenvalue weighted by Crippen LogP contribution is -2.36. The molecule has 1 fully saturated rings. The molecule has 1 aliphatic rings. The number of thiophene rings is 1. The van der Waals surface area contributed by atoms with E-state index in [1.54, 1.807) is 11.3 Å². The Labute approximate surface area is 133 Å². The van der Waals surface area contributed by atoms with Crippen LogP contribution in [0.2, 0.25) is 0 Å². The van der Waals surface area contributed by atoms with Crippen LogP contribution in [0.1, 0.15) is 34.8 Å². The van der Waals surface area contributed by atoms with E-state index < -0.39 is 0 Å². The van der Waals surface area contributed by atoms with Crippen molar-refractivity contribution in [2.45, 2.75) is 18.9 Å². The first-order chi connectivity index (χ1) is 10.7. The maximum atomic E-state index is 12.9. The molecule has 1 aromatic heterocycles. The van der Waals surface area contributed by atoms with Gasteiger partial charge in [0.2, 0.25) is 0 Å². The highest BCUT2D eigenvalue weighted by Gasteiger charge is 2.24. The quantitative estimate of drug-likeness (QED) is 0.916. The van der Waals surface area contributed by atoms with E-state index in [2.05, 4.69) is 27.0 Å². The van der Waals surface area contributed by atoms with Gasteiger partial charge in [0.15, 0.2) is 0 Å². The van der Waals surface area contributed by atoms with Crippen molar-refractivity contribution < 1.29 is 9.18 Å². The molecule has 116 valence electrons. The highest BCUT2D eigenvalue weighted by atomic mass is 32.1. The number of nitrogens with zero attached hydrogens (tertiary/aromatic N) is 1. The predicted molar refractivity (Wildman–Crippen MR) is 86.6 cm³/mol. The minimum absolute atomic E-state index is 0.153. The highest BCUT2D eigenvalue weighted by molar-refractivity contribution is 7.07. The van der Waals surface area contributed by atoms with Gasteiger partial charge in [0, 0.05) is 12.1 Å². The molecule has 5 heteroatoms. The molecular weight excluding hydrogens is 299 g/mol. The number of benzene rings is 1. The van der Waals surface area contributed by atoms with E-state index in [0.29, 0.717) is 12.1 Å². The molecule has 0 radical (unpaired) electrons. The van der Waals surface area contributed by atoms with Gasteiger partial charge >= 0.3 is 0 Å². The number of hydrogen-bond acceptors (Lipinski definition) is 3. The van der Waals surface area contributed by atoms with Gasteiger partial charge in [0.1, 0.15) is 5.82 Å². The molecule has 3 nitrogen and oxygen atoms in total. The number of carbonyl (C=O) groups excluding carboxylic acids is 1. The third kappa shape index (κ3) is 3.54. The summed E-state index contributed by atoms with van der Waals surface area (Å²) < 4.78 is 12.9. The molecular formula is C17H19FN2OS. The molecule has 3 rings (SSSR count). The van der Waals surface area contributed by atoms with Gasteiger partial charge < -0.3 is 5.32 Å². The van der Waals surface area contributed by atoms with Gasteiger partial charge in [-0.3, -0.25) is 9.69 Å². The second-order valence-electron chi connectivity index (χ2n) is 5.53. The Hall–Kier alpha value is -1.72. The van der Waals surface area contributed by atoms with Crippen molar-refractivity contribution in [3.8, 4) is 0 Å². The molecule has 0 bridgehead atoms. The highest BCUT2D eigenvalue weighted by Crippen LogP contribution is 2.26. The SMILES string of the molecule is O=C(NC[C@H](c1ccsc1)N1CCCC1)c1ccc(F)cc1. The first-order valence-corrected chi connectivity index (χ1v) is 8.48. The van der Waals surface area contributed by atoms with Crippen molar-refractivity contribution in [3.63, 3.8) is 0 Å².